The third kappa shape index (κ3) is 40.9. The molecule has 0 aromatic carbocycles. The molecule has 0 aliphatic carbocycles. The zero-order chi connectivity index (χ0) is 42.3. The van der Waals surface area contributed by atoms with E-state index in [1.165, 1.54) is 0 Å². The summed E-state index contributed by atoms with van der Waals surface area (Å²) in [5.41, 5.74) is 0. The van der Waals surface area contributed by atoms with Crippen LogP contribution in [0.4, 0.5) is 0 Å². The minimum atomic E-state index is -4.66. The van der Waals surface area contributed by atoms with E-state index in [1.807, 2.05) is 45.4 Å². The molecule has 0 fully saturated rings. The summed E-state index contributed by atoms with van der Waals surface area (Å²) in [5, 5.41) is 9.82. The summed E-state index contributed by atoms with van der Waals surface area (Å²) in [4.78, 5) is 37.4. The van der Waals surface area contributed by atoms with Crippen molar-refractivity contribution in [1.29, 1.82) is 0 Å². The van der Waals surface area contributed by atoms with Crippen LogP contribution in [-0.4, -0.2) is 81.2 Å². The number of aliphatic hydroxyl groups excluding tert-OH is 1. The van der Waals surface area contributed by atoms with E-state index in [-0.39, 0.29) is 32.2 Å². The van der Waals surface area contributed by atoms with Crippen molar-refractivity contribution in [2.24, 2.45) is 0 Å². The number of quaternary nitrogens is 1. The standard InChI is InChI=1S/C46H76NO9P/c1-6-8-10-11-12-13-14-15-16-17-21-24-27-30-33-37-45(49)53-41-44(42-55-57(51,52)54-40-39-47(3,4)5)56-46(50)38-34-31-28-25-22-19-18-20-23-26-29-32-36-43(48)35-9-7-2/h8,10,12-13,15-16,18-19,21,23-26,28,32,36,43-44,48H,6-7,9,11,14,17,20,22,27,29-31,33-35,37-42H2,1-5H3/b10-8-,13-12-,16-15-,19-18-,24-21-,26-23-,28-25-,36-32-/t43-,44-/m1/s1. The Morgan fingerprint density at radius 2 is 1.16 bits per heavy atom. The molecule has 57 heavy (non-hydrogen) atoms. The van der Waals surface area contributed by atoms with Crippen LogP contribution < -0.4 is 4.89 Å². The van der Waals surface area contributed by atoms with E-state index in [0.29, 0.717) is 30.3 Å². The number of carbonyl (C=O) groups excluding carboxylic acids is 2. The van der Waals surface area contributed by atoms with E-state index < -0.39 is 32.5 Å². The molecule has 0 radical (unpaired) electrons. The van der Waals surface area contributed by atoms with Crippen molar-refractivity contribution in [1.82, 2.24) is 0 Å². The fourth-order valence-electron chi connectivity index (χ4n) is 4.83. The molecule has 0 bridgehead atoms. The second-order valence-electron chi connectivity index (χ2n) is 14.8. The van der Waals surface area contributed by atoms with Crippen LogP contribution in [0.25, 0.3) is 0 Å². The highest BCUT2D eigenvalue weighted by Crippen LogP contribution is 2.38. The van der Waals surface area contributed by atoms with Crippen LogP contribution in [0.1, 0.15) is 123 Å². The van der Waals surface area contributed by atoms with Gasteiger partial charge in [0, 0.05) is 12.8 Å². The van der Waals surface area contributed by atoms with Gasteiger partial charge in [-0.25, -0.2) is 0 Å². The maximum absolute atomic E-state index is 12.6. The summed E-state index contributed by atoms with van der Waals surface area (Å²) in [5.74, 6) is -0.985. The quantitative estimate of drug-likeness (QED) is 0.0216. The third-order valence-electron chi connectivity index (χ3n) is 8.16. The number of phosphoric acid groups is 1. The molecule has 0 spiro atoms. The lowest BCUT2D eigenvalue weighted by Gasteiger charge is -2.28. The number of hydrogen-bond acceptors (Lipinski definition) is 9. The molecule has 0 saturated heterocycles. The number of rotatable bonds is 36. The van der Waals surface area contributed by atoms with Crippen molar-refractivity contribution < 1.29 is 47.2 Å². The van der Waals surface area contributed by atoms with E-state index in [0.717, 1.165) is 77.0 Å². The first-order valence-corrected chi connectivity index (χ1v) is 22.5. The first kappa shape index (κ1) is 53.9. The van der Waals surface area contributed by atoms with Crippen molar-refractivity contribution in [2.75, 3.05) is 47.5 Å². The number of nitrogens with zero attached hydrogens (tertiary/aromatic N) is 1. The molecule has 324 valence electrons. The Labute approximate surface area is 346 Å². The average Bonchev–Trinajstić information content (AvgIpc) is 3.16. The Morgan fingerprint density at radius 1 is 0.649 bits per heavy atom. The maximum atomic E-state index is 12.6. The van der Waals surface area contributed by atoms with Gasteiger partial charge in [-0.05, 0) is 83.5 Å². The summed E-state index contributed by atoms with van der Waals surface area (Å²) in [6.07, 6.45) is 45.0. The van der Waals surface area contributed by atoms with Gasteiger partial charge < -0.3 is 33.0 Å². The van der Waals surface area contributed by atoms with Gasteiger partial charge in [0.25, 0.3) is 7.82 Å². The van der Waals surface area contributed by atoms with Gasteiger partial charge in [0.1, 0.15) is 19.8 Å². The second kappa shape index (κ2) is 37.2. The summed E-state index contributed by atoms with van der Waals surface area (Å²) < 4.78 is 33.7. The van der Waals surface area contributed by atoms with Gasteiger partial charge in [-0.15, -0.1) is 0 Å². The molecule has 0 heterocycles. The molecule has 0 saturated carbocycles. The lowest BCUT2D eigenvalue weighted by atomic mass is 10.1. The van der Waals surface area contributed by atoms with Crippen LogP contribution in [0.15, 0.2) is 97.2 Å². The highest BCUT2D eigenvalue weighted by Gasteiger charge is 2.21. The van der Waals surface area contributed by atoms with Gasteiger partial charge in [0.15, 0.2) is 6.10 Å². The number of likely N-dealkylation sites (N-methyl/N-ethyl adjacent to an activating group) is 1. The lowest BCUT2D eigenvalue weighted by Crippen LogP contribution is -2.37. The van der Waals surface area contributed by atoms with Gasteiger partial charge in [-0.2, -0.15) is 0 Å². The van der Waals surface area contributed by atoms with Gasteiger partial charge in [0.05, 0.1) is 33.9 Å². The van der Waals surface area contributed by atoms with Crippen molar-refractivity contribution >= 4 is 19.8 Å². The molecular weight excluding hydrogens is 741 g/mol. The zero-order valence-electron chi connectivity index (χ0n) is 35.8. The molecule has 0 rings (SSSR count). The van der Waals surface area contributed by atoms with E-state index >= 15 is 0 Å². The Hall–Kier alpha value is -3.11. The number of aliphatic hydroxyl groups is 1. The molecule has 11 heteroatoms. The highest BCUT2D eigenvalue weighted by molar-refractivity contribution is 7.45. The minimum absolute atomic E-state index is 0.0610. The van der Waals surface area contributed by atoms with Crippen molar-refractivity contribution in [3.8, 4) is 0 Å². The SMILES string of the molecule is CC/C=C\C/C=C\C/C=C\C/C=C\CCCCC(=O)OC[C@H](COP(=O)([O-])OCC[N+](C)(C)C)OC(=O)CCC/C=C\C/C=C\C/C=C\C/C=C\[C@H](O)CCCC. The fourth-order valence-corrected chi connectivity index (χ4v) is 5.56. The topological polar surface area (TPSA) is 131 Å². The smallest absolute Gasteiger partial charge is 0.306 e. The number of allylic oxidation sites excluding steroid dienone is 15. The molecule has 0 aromatic heterocycles. The van der Waals surface area contributed by atoms with Gasteiger partial charge in [0.2, 0.25) is 0 Å². The maximum Gasteiger partial charge on any atom is 0.306 e. The third-order valence-corrected chi connectivity index (χ3v) is 9.12. The Balaban J connectivity index is 4.61. The van der Waals surface area contributed by atoms with Crippen molar-refractivity contribution in [2.45, 2.75) is 135 Å². The molecule has 0 amide bonds. The molecule has 0 aromatic rings. The van der Waals surface area contributed by atoms with Crippen molar-refractivity contribution in [3.05, 3.63) is 97.2 Å². The number of phosphoric ester groups is 1. The van der Waals surface area contributed by atoms with Crippen molar-refractivity contribution in [3.63, 3.8) is 0 Å². The predicted molar refractivity (Wildman–Crippen MR) is 232 cm³/mol. The van der Waals surface area contributed by atoms with E-state index in [9.17, 15) is 24.2 Å². The highest BCUT2D eigenvalue weighted by atomic mass is 31.2. The predicted octanol–water partition coefficient (Wildman–Crippen LogP) is 10.1. The van der Waals surface area contributed by atoms with E-state index in [4.69, 9.17) is 18.5 Å². The second-order valence-corrected chi connectivity index (χ2v) is 16.2. The zero-order valence-corrected chi connectivity index (χ0v) is 36.7. The Morgan fingerprint density at radius 3 is 1.70 bits per heavy atom. The van der Waals surface area contributed by atoms with Crippen LogP contribution in [0, 0.1) is 0 Å². The summed E-state index contributed by atoms with van der Waals surface area (Å²) >= 11 is 0. The summed E-state index contributed by atoms with van der Waals surface area (Å²) in [6, 6.07) is 0. The number of hydrogen-bond donors (Lipinski definition) is 1. The summed E-state index contributed by atoms with van der Waals surface area (Å²) in [6.45, 7) is 3.79. The number of ether oxygens (including phenoxy) is 2. The minimum Gasteiger partial charge on any atom is -0.756 e. The van der Waals surface area contributed by atoms with E-state index in [2.05, 4.69) is 86.8 Å². The van der Waals surface area contributed by atoms with Crippen LogP contribution in [0.2, 0.25) is 0 Å². The monoisotopic (exact) mass is 818 g/mol. The van der Waals surface area contributed by atoms with Gasteiger partial charge in [-0.3, -0.25) is 14.2 Å². The fraction of sp³-hybridized carbons (Fsp3) is 0.609. The number of unbranched alkanes of at least 4 members (excludes halogenated alkanes) is 4. The van der Waals surface area contributed by atoms with Crippen LogP contribution >= 0.6 is 7.82 Å². The molecule has 1 unspecified atom stereocenters. The number of carbonyl (C=O) groups is 2. The number of esters is 2. The largest absolute Gasteiger partial charge is 0.756 e. The molecule has 0 aliphatic rings. The molecule has 3 atom stereocenters. The van der Waals surface area contributed by atoms with Crippen LogP contribution in [-0.2, 0) is 32.7 Å². The molecule has 1 N–H and O–H groups in total. The first-order chi connectivity index (χ1) is 27.4. The molecule has 10 nitrogen and oxygen atoms in total. The molecule has 0 aliphatic heterocycles. The van der Waals surface area contributed by atoms with Crippen LogP contribution in [0.5, 0.6) is 0 Å². The lowest BCUT2D eigenvalue weighted by molar-refractivity contribution is -0.870. The Bertz CT molecular complexity index is 1310. The van der Waals surface area contributed by atoms with Gasteiger partial charge >= 0.3 is 11.9 Å². The normalized spacial score (nSPS) is 15.1. The summed E-state index contributed by atoms with van der Waals surface area (Å²) in [7, 11) is 1.06. The average molecular weight is 818 g/mol. The first-order valence-electron chi connectivity index (χ1n) is 21.0. The Kier molecular flexibility index (Phi) is 35.2. The van der Waals surface area contributed by atoms with E-state index in [1.54, 1.807) is 0 Å². The van der Waals surface area contributed by atoms with Crippen LogP contribution in [0.3, 0.4) is 0 Å². The van der Waals surface area contributed by atoms with Gasteiger partial charge in [-0.1, -0.05) is 124 Å². The molecular formula is C46H76NO9P.